The predicted molar refractivity (Wildman–Crippen MR) is 73.1 cm³/mol. The van der Waals surface area contributed by atoms with Crippen molar-refractivity contribution in [3.05, 3.63) is 48.0 Å². The summed E-state index contributed by atoms with van der Waals surface area (Å²) in [5, 5.41) is 16.6. The standard InChI is InChI=1S/C14H8O11/c15-9(16)3-5-11(19)24-13(21)7-1-2-8(23-7)14(22)25-12(20)6-4-10(17)18/h1-6H,(H,15,16)(H,17,18)/b5-3-,6-4-. The number of hydrogen-bond acceptors (Lipinski definition) is 9. The van der Waals surface area contributed by atoms with E-state index in [1.807, 2.05) is 0 Å². The van der Waals surface area contributed by atoms with E-state index in [1.54, 1.807) is 0 Å². The Morgan fingerprint density at radius 3 is 1.40 bits per heavy atom. The maximum absolute atomic E-state index is 11.5. The van der Waals surface area contributed by atoms with E-state index in [9.17, 15) is 28.8 Å². The van der Waals surface area contributed by atoms with E-state index < -0.39 is 47.3 Å². The molecule has 130 valence electrons. The van der Waals surface area contributed by atoms with Gasteiger partial charge in [0.05, 0.1) is 0 Å². The molecule has 11 heteroatoms. The van der Waals surface area contributed by atoms with Crippen LogP contribution in [0.15, 0.2) is 40.9 Å². The Morgan fingerprint density at radius 1 is 0.720 bits per heavy atom. The fraction of sp³-hybridized carbons (Fsp3) is 0. The van der Waals surface area contributed by atoms with Crippen molar-refractivity contribution in [3.63, 3.8) is 0 Å². The van der Waals surface area contributed by atoms with Crippen molar-refractivity contribution in [1.82, 2.24) is 0 Å². The minimum absolute atomic E-state index is 0.441. The molecular formula is C14H8O11. The average molecular weight is 352 g/mol. The Labute approximate surface area is 137 Å². The summed E-state index contributed by atoms with van der Waals surface area (Å²) >= 11 is 0. The monoisotopic (exact) mass is 352 g/mol. The van der Waals surface area contributed by atoms with Crippen molar-refractivity contribution in [2.75, 3.05) is 0 Å². The molecule has 0 bridgehead atoms. The van der Waals surface area contributed by atoms with Crippen molar-refractivity contribution in [3.8, 4) is 0 Å². The number of furan rings is 1. The van der Waals surface area contributed by atoms with E-state index in [2.05, 4.69) is 9.47 Å². The van der Waals surface area contributed by atoms with Crippen molar-refractivity contribution in [1.29, 1.82) is 0 Å². The van der Waals surface area contributed by atoms with Gasteiger partial charge in [-0.2, -0.15) is 0 Å². The van der Waals surface area contributed by atoms with Crippen LogP contribution in [0.4, 0.5) is 0 Å². The van der Waals surface area contributed by atoms with Crippen LogP contribution in [0.2, 0.25) is 0 Å². The molecular weight excluding hydrogens is 344 g/mol. The number of rotatable bonds is 6. The van der Waals surface area contributed by atoms with Gasteiger partial charge in [-0.1, -0.05) is 0 Å². The fourth-order valence-corrected chi connectivity index (χ4v) is 1.19. The van der Waals surface area contributed by atoms with Crippen molar-refractivity contribution in [2.45, 2.75) is 0 Å². The summed E-state index contributed by atoms with van der Waals surface area (Å²) in [6, 6.07) is 1.87. The van der Waals surface area contributed by atoms with E-state index in [0.717, 1.165) is 12.1 Å². The van der Waals surface area contributed by atoms with Crippen molar-refractivity contribution in [2.24, 2.45) is 0 Å². The lowest BCUT2D eigenvalue weighted by atomic mass is 10.4. The van der Waals surface area contributed by atoms with Gasteiger partial charge in [0, 0.05) is 24.3 Å². The Morgan fingerprint density at radius 2 is 1.08 bits per heavy atom. The van der Waals surface area contributed by atoms with Gasteiger partial charge in [-0.05, 0) is 12.1 Å². The van der Waals surface area contributed by atoms with Crippen LogP contribution in [-0.2, 0) is 28.7 Å². The zero-order chi connectivity index (χ0) is 19.0. The average Bonchev–Trinajstić information content (AvgIpc) is 3.01. The Kier molecular flexibility index (Phi) is 6.52. The van der Waals surface area contributed by atoms with Crippen molar-refractivity contribution < 1.29 is 52.9 Å². The molecule has 1 heterocycles. The summed E-state index contributed by atoms with van der Waals surface area (Å²) in [5.41, 5.74) is 0. The number of hydrogen-bond donors (Lipinski definition) is 2. The molecule has 0 saturated carbocycles. The molecule has 0 fully saturated rings. The summed E-state index contributed by atoms with van der Waals surface area (Å²) in [6.07, 6.45) is 1.84. The maximum Gasteiger partial charge on any atom is 0.382 e. The summed E-state index contributed by atoms with van der Waals surface area (Å²) in [7, 11) is 0. The molecule has 0 radical (unpaired) electrons. The third kappa shape index (κ3) is 6.73. The summed E-state index contributed by atoms with van der Waals surface area (Å²) in [4.78, 5) is 65.7. The Hall–Kier alpha value is -4.02. The number of esters is 4. The molecule has 11 nitrogen and oxygen atoms in total. The number of ether oxygens (including phenoxy) is 2. The van der Waals surface area contributed by atoms with Crippen LogP contribution in [0.1, 0.15) is 21.1 Å². The molecule has 2 N–H and O–H groups in total. The first-order valence-corrected chi connectivity index (χ1v) is 6.13. The topological polar surface area (TPSA) is 174 Å². The fourth-order valence-electron chi connectivity index (χ4n) is 1.19. The van der Waals surface area contributed by atoms with Gasteiger partial charge in [-0.25, -0.2) is 28.8 Å². The SMILES string of the molecule is O=C(O)/C=C\C(=O)OC(=O)c1ccc(C(=O)OC(=O)/C=C\C(=O)O)o1. The second-order valence-corrected chi connectivity index (χ2v) is 3.92. The van der Waals surface area contributed by atoms with Crippen molar-refractivity contribution >= 4 is 35.8 Å². The van der Waals surface area contributed by atoms with Crippen LogP contribution >= 0.6 is 0 Å². The normalized spacial score (nSPS) is 10.6. The first-order chi connectivity index (χ1) is 11.7. The maximum atomic E-state index is 11.5. The predicted octanol–water partition coefficient (Wildman–Crippen LogP) is -0.0720. The van der Waals surface area contributed by atoms with Crippen LogP contribution in [-0.4, -0.2) is 46.0 Å². The molecule has 25 heavy (non-hydrogen) atoms. The van der Waals surface area contributed by atoms with Gasteiger partial charge < -0.3 is 24.1 Å². The largest absolute Gasteiger partial charge is 0.478 e. The summed E-state index contributed by atoms with van der Waals surface area (Å²) < 4.78 is 13.1. The zero-order valence-electron chi connectivity index (χ0n) is 12.0. The summed E-state index contributed by atoms with van der Waals surface area (Å²) in [6.45, 7) is 0. The van der Waals surface area contributed by atoms with Crippen LogP contribution in [0.3, 0.4) is 0 Å². The zero-order valence-corrected chi connectivity index (χ0v) is 12.0. The minimum atomic E-state index is -1.44. The van der Waals surface area contributed by atoms with Gasteiger partial charge in [0.15, 0.2) is 0 Å². The Balaban J connectivity index is 2.69. The molecule has 0 aromatic carbocycles. The number of carbonyl (C=O) groups excluding carboxylic acids is 4. The third-order valence-corrected chi connectivity index (χ3v) is 2.12. The van der Waals surface area contributed by atoms with E-state index in [4.69, 9.17) is 14.6 Å². The molecule has 0 saturated heterocycles. The third-order valence-electron chi connectivity index (χ3n) is 2.12. The lowest BCUT2D eigenvalue weighted by Crippen LogP contribution is -2.11. The molecule has 0 aliphatic carbocycles. The second-order valence-electron chi connectivity index (χ2n) is 3.92. The van der Waals surface area contributed by atoms with Gasteiger partial charge in [-0.3, -0.25) is 0 Å². The molecule has 0 aliphatic rings. The smallest absolute Gasteiger partial charge is 0.382 e. The van der Waals surface area contributed by atoms with E-state index in [1.165, 1.54) is 0 Å². The highest BCUT2D eigenvalue weighted by molar-refractivity contribution is 6.02. The highest BCUT2D eigenvalue weighted by atomic mass is 16.6. The molecule has 0 atom stereocenters. The lowest BCUT2D eigenvalue weighted by molar-refractivity contribution is -0.134. The van der Waals surface area contributed by atoms with Crippen LogP contribution in [0, 0.1) is 0 Å². The Bertz CT molecular complexity index is 729. The van der Waals surface area contributed by atoms with Crippen LogP contribution < -0.4 is 0 Å². The van der Waals surface area contributed by atoms with Gasteiger partial charge >= 0.3 is 35.8 Å². The van der Waals surface area contributed by atoms with E-state index in [0.29, 0.717) is 24.3 Å². The second kappa shape index (κ2) is 8.57. The molecule has 0 amide bonds. The van der Waals surface area contributed by atoms with E-state index in [-0.39, 0.29) is 0 Å². The van der Waals surface area contributed by atoms with Gasteiger partial charge in [-0.15, -0.1) is 0 Å². The quantitative estimate of drug-likeness (QED) is 0.398. The lowest BCUT2D eigenvalue weighted by Gasteiger charge is -1.97. The van der Waals surface area contributed by atoms with Gasteiger partial charge in [0.1, 0.15) is 0 Å². The number of carbonyl (C=O) groups is 6. The number of aliphatic carboxylic acids is 2. The highest BCUT2D eigenvalue weighted by Crippen LogP contribution is 2.11. The first-order valence-electron chi connectivity index (χ1n) is 6.13. The van der Waals surface area contributed by atoms with Gasteiger partial charge in [0.25, 0.3) is 0 Å². The molecule has 1 aromatic rings. The van der Waals surface area contributed by atoms with Crippen LogP contribution in [0.25, 0.3) is 0 Å². The number of carboxylic acid groups (broad SMARTS) is 2. The molecule has 0 unspecified atom stereocenters. The molecule has 1 aromatic heterocycles. The van der Waals surface area contributed by atoms with Crippen LogP contribution in [0.5, 0.6) is 0 Å². The minimum Gasteiger partial charge on any atom is -0.478 e. The first kappa shape index (κ1) is 19.0. The number of carboxylic acids is 2. The van der Waals surface area contributed by atoms with Gasteiger partial charge in [0.2, 0.25) is 11.5 Å². The highest BCUT2D eigenvalue weighted by Gasteiger charge is 2.21. The molecule has 0 aliphatic heterocycles. The van der Waals surface area contributed by atoms with E-state index >= 15 is 0 Å². The molecule has 1 rings (SSSR count). The molecule has 0 spiro atoms. The summed E-state index contributed by atoms with van der Waals surface area (Å²) in [5.74, 6) is -9.30.